The van der Waals surface area contributed by atoms with Gasteiger partial charge in [0.2, 0.25) is 0 Å². The molecule has 0 spiro atoms. The Kier molecular flexibility index (Phi) is 29.4. The van der Waals surface area contributed by atoms with Crippen molar-refractivity contribution in [1.82, 2.24) is 5.32 Å². The molecule has 0 aromatic heterocycles. The Bertz CT molecular complexity index is 635. The first-order valence-corrected chi connectivity index (χ1v) is 14.5. The van der Waals surface area contributed by atoms with Crippen LogP contribution in [0, 0.1) is 11.8 Å². The molecular formula is C24H50N3NaO7S. The van der Waals surface area contributed by atoms with Crippen molar-refractivity contribution >= 4 is 22.1 Å². The standard InChI is InChI=1S/C20H38O7S.C4H13N3.Na/c1-5-9-11-16(7-3)14-26-19(21)13-18(28(23,24)25)20(22)27-15-17(8-4)12-10-6-2;5-1-3-7-4-2-6;/h16-18H,5-15H2,1-4H3,(H,23,24,25);7H,1-6H2;/q;;+1/p-1. The summed E-state index contributed by atoms with van der Waals surface area (Å²) in [6.07, 6.45) is 6.58. The maximum absolute atomic E-state index is 12.1. The van der Waals surface area contributed by atoms with E-state index in [1.165, 1.54) is 0 Å². The van der Waals surface area contributed by atoms with Crippen LogP contribution in [-0.2, 0) is 29.2 Å². The quantitative estimate of drug-likeness (QED) is 0.0766. The Hall–Kier alpha value is -0.270. The molecule has 0 amide bonds. The molecule has 36 heavy (non-hydrogen) atoms. The van der Waals surface area contributed by atoms with E-state index >= 15 is 0 Å². The van der Waals surface area contributed by atoms with Gasteiger partial charge in [-0.2, -0.15) is 0 Å². The smallest absolute Gasteiger partial charge is 0.747 e. The molecule has 0 aliphatic heterocycles. The van der Waals surface area contributed by atoms with Gasteiger partial charge in [0.15, 0.2) is 5.25 Å². The summed E-state index contributed by atoms with van der Waals surface area (Å²) in [5.41, 5.74) is 10.3. The number of rotatable bonds is 20. The summed E-state index contributed by atoms with van der Waals surface area (Å²) < 4.78 is 44.6. The summed E-state index contributed by atoms with van der Waals surface area (Å²) in [4.78, 5) is 24.1. The number of esters is 2. The van der Waals surface area contributed by atoms with Gasteiger partial charge in [-0.05, 0) is 24.7 Å². The zero-order valence-corrected chi connectivity index (χ0v) is 26.1. The Balaban J connectivity index is -0.00000118. The molecule has 0 radical (unpaired) electrons. The number of hydrogen-bond donors (Lipinski definition) is 3. The SMILES string of the molecule is CCCCC(CC)COC(=O)CC(C(=O)OCC(CC)CCCC)S(=O)(=O)[O-].NCCNCCN.[Na+]. The monoisotopic (exact) mass is 547 g/mol. The molecule has 0 aliphatic carbocycles. The van der Waals surface area contributed by atoms with Gasteiger partial charge in [0.1, 0.15) is 10.1 Å². The van der Waals surface area contributed by atoms with Crippen molar-refractivity contribution in [2.45, 2.75) is 90.7 Å². The van der Waals surface area contributed by atoms with Gasteiger partial charge in [0, 0.05) is 26.2 Å². The van der Waals surface area contributed by atoms with Crippen LogP contribution in [0.4, 0.5) is 0 Å². The van der Waals surface area contributed by atoms with Crippen LogP contribution in [0.15, 0.2) is 0 Å². The molecule has 0 aromatic carbocycles. The van der Waals surface area contributed by atoms with Crippen LogP contribution in [0.25, 0.3) is 0 Å². The van der Waals surface area contributed by atoms with Gasteiger partial charge in [-0.3, -0.25) is 9.59 Å². The number of ether oxygens (including phenoxy) is 2. The van der Waals surface area contributed by atoms with E-state index in [0.29, 0.717) is 13.1 Å². The fourth-order valence-electron chi connectivity index (χ4n) is 3.14. The van der Waals surface area contributed by atoms with Gasteiger partial charge >= 0.3 is 41.5 Å². The predicted octanol–water partition coefficient (Wildman–Crippen LogP) is -0.693. The number of hydrogen-bond acceptors (Lipinski definition) is 10. The van der Waals surface area contributed by atoms with Crippen molar-refractivity contribution < 1.29 is 61.6 Å². The Morgan fingerprint density at radius 1 is 0.861 bits per heavy atom. The minimum absolute atomic E-state index is 0. The molecule has 0 aliphatic rings. The number of nitrogens with two attached hydrogens (primary N) is 2. The third kappa shape index (κ3) is 22.9. The molecule has 0 heterocycles. The summed E-state index contributed by atoms with van der Waals surface area (Å²) >= 11 is 0. The zero-order valence-electron chi connectivity index (χ0n) is 23.3. The van der Waals surface area contributed by atoms with E-state index in [9.17, 15) is 22.6 Å². The van der Waals surface area contributed by atoms with Crippen molar-refractivity contribution in [3.63, 3.8) is 0 Å². The van der Waals surface area contributed by atoms with E-state index in [4.69, 9.17) is 20.9 Å². The van der Waals surface area contributed by atoms with Gasteiger partial charge in [0.05, 0.1) is 19.6 Å². The Labute approximate surface area is 241 Å². The molecule has 12 heteroatoms. The first-order valence-electron chi connectivity index (χ1n) is 13.0. The molecule has 3 atom stereocenters. The molecule has 210 valence electrons. The fraction of sp³-hybridized carbons (Fsp3) is 0.917. The Morgan fingerprint density at radius 2 is 1.31 bits per heavy atom. The molecule has 0 bridgehead atoms. The molecule has 0 saturated carbocycles. The summed E-state index contributed by atoms with van der Waals surface area (Å²) in [5, 5.41) is 0.979. The Morgan fingerprint density at radius 3 is 1.67 bits per heavy atom. The average Bonchev–Trinajstić information content (AvgIpc) is 2.82. The molecular weight excluding hydrogens is 497 g/mol. The van der Waals surface area contributed by atoms with Crippen LogP contribution in [0.5, 0.6) is 0 Å². The molecule has 0 fully saturated rings. The second-order valence-corrected chi connectivity index (χ2v) is 10.2. The number of unbranched alkanes of at least 4 members (excludes halogenated alkanes) is 2. The second-order valence-electron chi connectivity index (χ2n) is 8.66. The molecule has 5 N–H and O–H groups in total. The van der Waals surface area contributed by atoms with Crippen LogP contribution >= 0.6 is 0 Å². The third-order valence-electron chi connectivity index (χ3n) is 5.63. The normalized spacial score (nSPS) is 13.4. The van der Waals surface area contributed by atoms with Crippen molar-refractivity contribution in [3.8, 4) is 0 Å². The van der Waals surface area contributed by atoms with E-state index in [-0.39, 0.29) is 54.6 Å². The molecule has 0 saturated heterocycles. The number of nitrogens with one attached hydrogen (secondary N) is 1. The molecule has 0 aromatic rings. The average molecular weight is 548 g/mol. The van der Waals surface area contributed by atoms with Crippen LogP contribution in [-0.4, -0.2) is 69.6 Å². The minimum Gasteiger partial charge on any atom is -0.747 e. The van der Waals surface area contributed by atoms with Crippen LogP contribution in [0.3, 0.4) is 0 Å². The van der Waals surface area contributed by atoms with E-state index in [0.717, 1.165) is 64.5 Å². The zero-order chi connectivity index (χ0) is 27.1. The number of carbonyl (C=O) groups excluding carboxylic acids is 2. The first-order chi connectivity index (χ1) is 16.6. The van der Waals surface area contributed by atoms with Gasteiger partial charge < -0.3 is 30.8 Å². The van der Waals surface area contributed by atoms with Gasteiger partial charge in [-0.15, -0.1) is 0 Å². The van der Waals surface area contributed by atoms with E-state index in [2.05, 4.69) is 19.2 Å². The van der Waals surface area contributed by atoms with Crippen LogP contribution in [0.2, 0.25) is 0 Å². The molecule has 10 nitrogen and oxygen atoms in total. The van der Waals surface area contributed by atoms with Gasteiger partial charge in [-0.1, -0.05) is 66.2 Å². The number of carbonyl (C=O) groups is 2. The minimum atomic E-state index is -5.01. The van der Waals surface area contributed by atoms with Crippen molar-refractivity contribution in [3.05, 3.63) is 0 Å². The molecule has 0 rings (SSSR count). The van der Waals surface area contributed by atoms with Crippen LogP contribution < -0.4 is 46.3 Å². The van der Waals surface area contributed by atoms with E-state index in [1.807, 2.05) is 13.8 Å². The second kappa shape index (κ2) is 26.3. The summed E-state index contributed by atoms with van der Waals surface area (Å²) in [7, 11) is -5.01. The van der Waals surface area contributed by atoms with Crippen molar-refractivity contribution in [1.29, 1.82) is 0 Å². The third-order valence-corrected chi connectivity index (χ3v) is 6.69. The summed E-state index contributed by atoms with van der Waals surface area (Å²) in [5.74, 6) is -1.74. The van der Waals surface area contributed by atoms with Crippen molar-refractivity contribution in [2.75, 3.05) is 39.4 Å². The largest absolute Gasteiger partial charge is 1.00 e. The van der Waals surface area contributed by atoms with Crippen molar-refractivity contribution in [2.24, 2.45) is 23.3 Å². The maximum Gasteiger partial charge on any atom is 1.00 e. The van der Waals surface area contributed by atoms with Crippen LogP contribution in [0.1, 0.15) is 85.5 Å². The summed E-state index contributed by atoms with van der Waals surface area (Å²) in [6.45, 7) is 11.4. The molecule has 3 unspecified atom stereocenters. The predicted molar refractivity (Wildman–Crippen MR) is 138 cm³/mol. The van der Waals surface area contributed by atoms with E-state index < -0.39 is 33.7 Å². The first kappa shape index (κ1) is 40.2. The van der Waals surface area contributed by atoms with Gasteiger partial charge in [-0.25, -0.2) is 8.42 Å². The van der Waals surface area contributed by atoms with Gasteiger partial charge in [0.25, 0.3) is 0 Å². The summed E-state index contributed by atoms with van der Waals surface area (Å²) in [6, 6.07) is 0. The van der Waals surface area contributed by atoms with E-state index in [1.54, 1.807) is 0 Å². The maximum atomic E-state index is 12.1. The fourth-order valence-corrected chi connectivity index (χ4v) is 3.79. The topological polar surface area (TPSA) is 174 Å².